The van der Waals surface area contributed by atoms with E-state index in [2.05, 4.69) is 14.6 Å². The van der Waals surface area contributed by atoms with Gasteiger partial charge in [0.05, 0.1) is 34.8 Å². The Labute approximate surface area is 218 Å². The maximum atomic E-state index is 13.2. The molecular formula is C25H38N4O7S. The Bertz CT molecular complexity index is 1230. The van der Waals surface area contributed by atoms with Crippen molar-refractivity contribution in [3.05, 3.63) is 34.6 Å². The minimum Gasteiger partial charge on any atom is -0.463 e. The van der Waals surface area contributed by atoms with Crippen LogP contribution in [-0.2, 0) is 24.3 Å². The molecule has 0 saturated carbocycles. The molecule has 0 spiro atoms. The average Bonchev–Trinajstić information content (AvgIpc) is 2.85. The molecule has 0 bridgehead atoms. The van der Waals surface area contributed by atoms with Crippen LogP contribution in [0.15, 0.2) is 29.1 Å². The van der Waals surface area contributed by atoms with E-state index >= 15 is 0 Å². The van der Waals surface area contributed by atoms with Gasteiger partial charge in [-0.05, 0) is 59.7 Å². The van der Waals surface area contributed by atoms with Gasteiger partial charge in [0.2, 0.25) is 10.0 Å². The molecule has 1 aliphatic rings. The second-order valence-corrected chi connectivity index (χ2v) is 12.4. The van der Waals surface area contributed by atoms with Crippen LogP contribution in [-0.4, -0.2) is 80.1 Å². The van der Waals surface area contributed by atoms with Crippen molar-refractivity contribution in [1.82, 2.24) is 19.2 Å². The van der Waals surface area contributed by atoms with E-state index in [1.54, 1.807) is 58.9 Å². The lowest BCUT2D eigenvalue weighted by Gasteiger charge is -2.27. The number of para-hydroxylation sites is 1. The summed E-state index contributed by atoms with van der Waals surface area (Å²) in [5.41, 5.74) is -0.766. The summed E-state index contributed by atoms with van der Waals surface area (Å²) >= 11 is 0. The Morgan fingerprint density at radius 3 is 2.54 bits per heavy atom. The third-order valence-electron chi connectivity index (χ3n) is 6.15. The molecule has 2 unspecified atom stereocenters. The standard InChI is InChI=1S/C25H38N4O7S/c1-18(10-12-28-13-16-34-17-14-28)37(32,33)26-11-15-35-24-27-21-9-7-6-8-20(21)22(30)29(24)19(2)36-23(31)25(3,4)5/h6-9,18-19,26H,10-17H2,1-5H3. The first-order chi connectivity index (χ1) is 17.4. The molecule has 0 amide bonds. The number of hydrogen-bond acceptors (Lipinski definition) is 9. The molecule has 1 fully saturated rings. The zero-order chi connectivity index (χ0) is 27.2. The smallest absolute Gasteiger partial charge is 0.313 e. The van der Waals surface area contributed by atoms with Crippen LogP contribution in [0.1, 0.15) is 47.3 Å². The Hall–Kier alpha value is -2.54. The van der Waals surface area contributed by atoms with Crippen molar-refractivity contribution in [3.8, 4) is 6.01 Å². The van der Waals surface area contributed by atoms with E-state index < -0.39 is 38.4 Å². The monoisotopic (exact) mass is 538 g/mol. The molecule has 1 N–H and O–H groups in total. The van der Waals surface area contributed by atoms with Gasteiger partial charge in [-0.1, -0.05) is 12.1 Å². The van der Waals surface area contributed by atoms with Gasteiger partial charge in [-0.25, -0.2) is 17.7 Å². The van der Waals surface area contributed by atoms with Gasteiger partial charge < -0.3 is 14.2 Å². The summed E-state index contributed by atoms with van der Waals surface area (Å²) in [5.74, 6) is -0.482. The van der Waals surface area contributed by atoms with Crippen LogP contribution in [0, 0.1) is 5.41 Å². The molecule has 0 radical (unpaired) electrons. The highest BCUT2D eigenvalue weighted by Gasteiger charge is 2.28. The van der Waals surface area contributed by atoms with Crippen LogP contribution in [0.4, 0.5) is 0 Å². The fourth-order valence-corrected chi connectivity index (χ4v) is 4.81. The Morgan fingerprint density at radius 1 is 1.19 bits per heavy atom. The number of rotatable bonds is 11. The maximum absolute atomic E-state index is 13.2. The van der Waals surface area contributed by atoms with Crippen molar-refractivity contribution in [3.63, 3.8) is 0 Å². The number of ether oxygens (including phenoxy) is 3. The lowest BCUT2D eigenvalue weighted by atomic mass is 9.97. The number of morpholine rings is 1. The molecule has 1 aliphatic heterocycles. The van der Waals surface area contributed by atoms with E-state index in [9.17, 15) is 18.0 Å². The largest absolute Gasteiger partial charge is 0.463 e. The normalized spacial score (nSPS) is 16.9. The molecule has 1 aromatic heterocycles. The number of nitrogens with zero attached hydrogens (tertiary/aromatic N) is 3. The van der Waals surface area contributed by atoms with Crippen molar-refractivity contribution in [2.24, 2.45) is 5.41 Å². The highest BCUT2D eigenvalue weighted by molar-refractivity contribution is 7.90. The van der Waals surface area contributed by atoms with Crippen LogP contribution in [0.3, 0.4) is 0 Å². The number of carbonyl (C=O) groups is 1. The van der Waals surface area contributed by atoms with E-state index in [1.165, 1.54) is 4.57 Å². The van der Waals surface area contributed by atoms with Crippen molar-refractivity contribution < 1.29 is 27.4 Å². The fourth-order valence-electron chi connectivity index (χ4n) is 3.75. The molecule has 11 nitrogen and oxygen atoms in total. The third kappa shape index (κ3) is 7.73. The van der Waals surface area contributed by atoms with Gasteiger partial charge in [-0.2, -0.15) is 4.98 Å². The molecule has 3 rings (SSSR count). The zero-order valence-corrected chi connectivity index (χ0v) is 23.0. The van der Waals surface area contributed by atoms with Crippen molar-refractivity contribution in [1.29, 1.82) is 0 Å². The number of sulfonamides is 1. The summed E-state index contributed by atoms with van der Waals surface area (Å²) in [6.07, 6.45) is -0.484. The van der Waals surface area contributed by atoms with Gasteiger partial charge in [0.25, 0.3) is 5.56 Å². The summed E-state index contributed by atoms with van der Waals surface area (Å²) in [5, 5.41) is -0.229. The molecular weight excluding hydrogens is 500 g/mol. The highest BCUT2D eigenvalue weighted by Crippen LogP contribution is 2.23. The van der Waals surface area contributed by atoms with Crippen LogP contribution in [0.25, 0.3) is 10.9 Å². The number of carbonyl (C=O) groups excluding carboxylic acids is 1. The van der Waals surface area contributed by atoms with E-state index in [1.807, 2.05) is 0 Å². The van der Waals surface area contributed by atoms with Crippen LogP contribution >= 0.6 is 0 Å². The molecule has 1 aromatic carbocycles. The molecule has 2 atom stereocenters. The summed E-state index contributed by atoms with van der Waals surface area (Å²) < 4.78 is 45.7. The molecule has 206 valence electrons. The van der Waals surface area contributed by atoms with Crippen molar-refractivity contribution in [2.45, 2.75) is 52.5 Å². The number of nitrogens with one attached hydrogen (secondary N) is 1. The van der Waals surface area contributed by atoms with Crippen LogP contribution < -0.4 is 15.0 Å². The Balaban J connectivity index is 1.67. The Morgan fingerprint density at radius 2 is 1.86 bits per heavy atom. The van der Waals surface area contributed by atoms with Crippen molar-refractivity contribution >= 4 is 26.9 Å². The van der Waals surface area contributed by atoms with Gasteiger partial charge in [-0.3, -0.25) is 14.5 Å². The van der Waals surface area contributed by atoms with E-state index in [-0.39, 0.29) is 19.2 Å². The first-order valence-corrected chi connectivity index (χ1v) is 14.1. The minimum absolute atomic E-state index is 0.0108. The summed E-state index contributed by atoms with van der Waals surface area (Å²) in [6, 6.07) is 6.72. The highest BCUT2D eigenvalue weighted by atomic mass is 32.2. The molecule has 1 saturated heterocycles. The molecule has 2 aromatic rings. The topological polar surface area (TPSA) is 129 Å². The van der Waals surface area contributed by atoms with E-state index in [4.69, 9.17) is 14.2 Å². The lowest BCUT2D eigenvalue weighted by molar-refractivity contribution is -0.162. The average molecular weight is 539 g/mol. The maximum Gasteiger partial charge on any atom is 0.313 e. The van der Waals surface area contributed by atoms with Crippen LogP contribution in [0.5, 0.6) is 6.01 Å². The molecule has 2 heterocycles. The van der Waals surface area contributed by atoms with E-state index in [0.717, 1.165) is 13.1 Å². The first kappa shape index (κ1) is 29.0. The number of benzene rings is 1. The number of fused-ring (bicyclic) bond motifs is 1. The minimum atomic E-state index is -3.56. The van der Waals surface area contributed by atoms with Crippen molar-refractivity contribution in [2.75, 3.05) is 46.0 Å². The summed E-state index contributed by atoms with van der Waals surface area (Å²) in [6.45, 7) is 11.9. The van der Waals surface area contributed by atoms with Gasteiger partial charge in [0, 0.05) is 19.6 Å². The predicted molar refractivity (Wildman–Crippen MR) is 140 cm³/mol. The summed E-state index contributed by atoms with van der Waals surface area (Å²) in [4.78, 5) is 32.3. The lowest BCUT2D eigenvalue weighted by Crippen LogP contribution is -2.40. The quantitative estimate of drug-likeness (QED) is 0.337. The Kier molecular flexibility index (Phi) is 9.68. The van der Waals surface area contributed by atoms with E-state index in [0.29, 0.717) is 37.1 Å². The summed E-state index contributed by atoms with van der Waals surface area (Å²) in [7, 11) is -3.56. The first-order valence-electron chi connectivity index (χ1n) is 12.5. The van der Waals surface area contributed by atoms with Gasteiger partial charge in [-0.15, -0.1) is 0 Å². The second kappa shape index (κ2) is 12.3. The second-order valence-electron chi connectivity index (χ2n) is 10.2. The van der Waals surface area contributed by atoms with Gasteiger partial charge in [0.1, 0.15) is 6.61 Å². The molecule has 0 aliphatic carbocycles. The van der Waals surface area contributed by atoms with Crippen LogP contribution in [0.2, 0.25) is 0 Å². The SMILES string of the molecule is CC(OC(=O)C(C)(C)C)n1c(OCCNS(=O)(=O)C(C)CCN2CCOCC2)nc2ccccc2c1=O. The molecule has 12 heteroatoms. The molecule has 37 heavy (non-hydrogen) atoms. The number of hydrogen-bond donors (Lipinski definition) is 1. The number of aromatic nitrogens is 2. The predicted octanol–water partition coefficient (Wildman–Crippen LogP) is 1.91. The zero-order valence-electron chi connectivity index (χ0n) is 22.2. The van der Waals surface area contributed by atoms with Gasteiger partial charge in [0.15, 0.2) is 6.23 Å². The number of esters is 1. The fraction of sp³-hybridized carbons (Fsp3) is 0.640. The third-order valence-corrected chi connectivity index (χ3v) is 8.05. The van der Waals surface area contributed by atoms with Gasteiger partial charge >= 0.3 is 12.0 Å².